The van der Waals surface area contributed by atoms with Gasteiger partial charge in [-0.25, -0.2) is 8.42 Å². The van der Waals surface area contributed by atoms with Gasteiger partial charge in [0.15, 0.2) is 0 Å². The lowest BCUT2D eigenvalue weighted by Crippen LogP contribution is -2.49. The molecule has 1 amide bonds. The molecule has 2 N–H and O–H groups in total. The number of carbonyl (C=O) groups is 1. The monoisotopic (exact) mass is 353 g/mol. The van der Waals surface area contributed by atoms with Crippen LogP contribution in [0, 0.1) is 0 Å². The summed E-state index contributed by atoms with van der Waals surface area (Å²) in [6, 6.07) is 7.22. The van der Waals surface area contributed by atoms with Gasteiger partial charge in [0.25, 0.3) is 0 Å². The van der Waals surface area contributed by atoms with Gasteiger partial charge in [0.2, 0.25) is 15.9 Å². The molecule has 1 heterocycles. The van der Waals surface area contributed by atoms with Crippen molar-refractivity contribution < 1.29 is 13.2 Å². The molecular formula is C17H27N3O3S. The van der Waals surface area contributed by atoms with Crippen molar-refractivity contribution in [3.8, 4) is 0 Å². The minimum Gasteiger partial charge on any atom is -0.370 e. The van der Waals surface area contributed by atoms with Crippen molar-refractivity contribution in [2.24, 2.45) is 5.73 Å². The Hall–Kier alpha value is -1.44. The van der Waals surface area contributed by atoms with Crippen LogP contribution in [0.3, 0.4) is 0 Å². The predicted octanol–water partition coefficient (Wildman–Crippen LogP) is 1.38. The number of hydrogen-bond donors (Lipinski definition) is 1. The topological polar surface area (TPSA) is 83.7 Å². The first kappa shape index (κ1) is 18.9. The molecule has 0 aromatic heterocycles. The minimum absolute atomic E-state index is 0.309. The molecule has 0 radical (unpaired) electrons. The number of nitrogens with zero attached hydrogens (tertiary/aromatic N) is 2. The van der Waals surface area contributed by atoms with Crippen molar-refractivity contribution in [2.75, 3.05) is 32.7 Å². The second-order valence-corrected chi connectivity index (χ2v) is 8.28. The molecule has 24 heavy (non-hydrogen) atoms. The summed E-state index contributed by atoms with van der Waals surface area (Å²) in [4.78, 5) is 13.3. The summed E-state index contributed by atoms with van der Waals surface area (Å²) in [7, 11) is -3.45. The first-order valence-corrected chi connectivity index (χ1v) is 9.89. The molecule has 6 nitrogen and oxygen atoms in total. The Bertz CT molecular complexity index is 650. The second-order valence-electron chi connectivity index (χ2n) is 6.34. The van der Waals surface area contributed by atoms with Crippen LogP contribution in [-0.4, -0.2) is 56.3 Å². The lowest BCUT2D eigenvalue weighted by molar-refractivity contribution is -0.118. The first-order valence-electron chi connectivity index (χ1n) is 8.45. The summed E-state index contributed by atoms with van der Waals surface area (Å²) >= 11 is 0. The highest BCUT2D eigenvalue weighted by Gasteiger charge is 2.28. The third-order valence-electron chi connectivity index (χ3n) is 4.70. The summed E-state index contributed by atoms with van der Waals surface area (Å²) in [5.41, 5.74) is 6.31. The fourth-order valence-corrected chi connectivity index (χ4v) is 4.24. The van der Waals surface area contributed by atoms with Crippen LogP contribution in [0.25, 0.3) is 0 Å². The summed E-state index contributed by atoms with van der Waals surface area (Å²) in [5.74, 6) is 0.0991. The number of primary amides is 1. The number of piperazine rings is 1. The van der Waals surface area contributed by atoms with Crippen molar-refractivity contribution in [1.82, 2.24) is 9.21 Å². The van der Waals surface area contributed by atoms with E-state index >= 15 is 0 Å². The molecule has 7 heteroatoms. The summed E-state index contributed by atoms with van der Waals surface area (Å²) in [5, 5.41) is 0. The van der Waals surface area contributed by atoms with Crippen molar-refractivity contribution in [2.45, 2.75) is 37.5 Å². The maximum atomic E-state index is 12.7. The molecule has 1 fully saturated rings. The molecule has 134 valence electrons. The highest BCUT2D eigenvalue weighted by atomic mass is 32.2. The van der Waals surface area contributed by atoms with E-state index in [0.717, 1.165) is 12.0 Å². The zero-order valence-electron chi connectivity index (χ0n) is 14.4. The van der Waals surface area contributed by atoms with Crippen molar-refractivity contribution in [3.63, 3.8) is 0 Å². The van der Waals surface area contributed by atoms with Crippen LogP contribution < -0.4 is 5.73 Å². The Morgan fingerprint density at radius 2 is 1.75 bits per heavy atom. The molecule has 0 unspecified atom stereocenters. The van der Waals surface area contributed by atoms with Crippen molar-refractivity contribution in [3.05, 3.63) is 29.8 Å². The quantitative estimate of drug-likeness (QED) is 0.803. The fourth-order valence-electron chi connectivity index (χ4n) is 2.81. The Balaban J connectivity index is 2.00. The third kappa shape index (κ3) is 4.55. The van der Waals surface area contributed by atoms with Gasteiger partial charge in [-0.2, -0.15) is 4.31 Å². The number of nitrogens with two attached hydrogens (primary N) is 1. The fraction of sp³-hybridized carbons (Fsp3) is 0.588. The van der Waals surface area contributed by atoms with Crippen molar-refractivity contribution in [1.29, 1.82) is 0 Å². The Morgan fingerprint density at radius 3 is 2.25 bits per heavy atom. The zero-order chi connectivity index (χ0) is 17.7. The molecule has 0 saturated carbocycles. The molecule has 1 saturated heterocycles. The predicted molar refractivity (Wildman–Crippen MR) is 94.2 cm³/mol. The van der Waals surface area contributed by atoms with Gasteiger partial charge < -0.3 is 10.6 Å². The van der Waals surface area contributed by atoms with E-state index in [4.69, 9.17) is 5.73 Å². The number of carbonyl (C=O) groups excluding carboxylic acids is 1. The number of amides is 1. The van der Waals surface area contributed by atoms with Gasteiger partial charge in [0.1, 0.15) is 0 Å². The number of rotatable bonds is 7. The number of sulfonamides is 1. The summed E-state index contributed by atoms with van der Waals surface area (Å²) in [6.07, 6.45) is 1.34. The van der Waals surface area contributed by atoms with Gasteiger partial charge in [-0.05, 0) is 30.0 Å². The highest BCUT2D eigenvalue weighted by Crippen LogP contribution is 2.23. The van der Waals surface area contributed by atoms with Crippen LogP contribution in [0.2, 0.25) is 0 Å². The molecule has 0 aliphatic carbocycles. The van der Waals surface area contributed by atoms with Gasteiger partial charge in [-0.15, -0.1) is 0 Å². The van der Waals surface area contributed by atoms with E-state index in [2.05, 4.69) is 18.7 Å². The van der Waals surface area contributed by atoms with E-state index in [1.54, 1.807) is 12.1 Å². The van der Waals surface area contributed by atoms with Crippen LogP contribution in [0.5, 0.6) is 0 Å². The molecule has 1 aliphatic heterocycles. The maximum Gasteiger partial charge on any atom is 0.243 e. The average Bonchev–Trinajstić information content (AvgIpc) is 2.59. The van der Waals surface area contributed by atoms with E-state index in [-0.39, 0.29) is 5.91 Å². The van der Waals surface area contributed by atoms with Gasteiger partial charge in [-0.1, -0.05) is 26.0 Å². The van der Waals surface area contributed by atoms with E-state index < -0.39 is 10.0 Å². The molecule has 2 rings (SSSR count). The Morgan fingerprint density at radius 1 is 1.17 bits per heavy atom. The Kier molecular flexibility index (Phi) is 6.37. The largest absolute Gasteiger partial charge is 0.370 e. The lowest BCUT2D eigenvalue weighted by Gasteiger charge is -2.33. The van der Waals surface area contributed by atoms with Crippen LogP contribution in [0.4, 0.5) is 0 Å². The maximum absolute atomic E-state index is 12.7. The van der Waals surface area contributed by atoms with Crippen LogP contribution in [0.1, 0.15) is 38.2 Å². The molecule has 0 bridgehead atoms. The SMILES string of the molecule is CC[C@H](C)c1ccc(S(=O)(=O)N2CCN(CCC(N)=O)CC2)cc1. The molecular weight excluding hydrogens is 326 g/mol. The van der Waals surface area contributed by atoms with Gasteiger partial charge in [-0.3, -0.25) is 4.79 Å². The first-order chi connectivity index (χ1) is 11.3. The number of hydrogen-bond acceptors (Lipinski definition) is 4. The van der Waals surface area contributed by atoms with Gasteiger partial charge in [0, 0.05) is 39.1 Å². The summed E-state index contributed by atoms with van der Waals surface area (Å²) < 4.78 is 27.0. The molecule has 1 atom stereocenters. The van der Waals surface area contributed by atoms with Crippen LogP contribution >= 0.6 is 0 Å². The Labute approximate surface area is 144 Å². The number of benzene rings is 1. The van der Waals surface area contributed by atoms with E-state index in [1.165, 1.54) is 4.31 Å². The lowest BCUT2D eigenvalue weighted by atomic mass is 9.99. The van der Waals surface area contributed by atoms with Gasteiger partial charge >= 0.3 is 0 Å². The molecule has 1 aromatic rings. The third-order valence-corrected chi connectivity index (χ3v) is 6.62. The van der Waals surface area contributed by atoms with E-state index in [1.807, 2.05) is 12.1 Å². The van der Waals surface area contributed by atoms with Crippen LogP contribution in [-0.2, 0) is 14.8 Å². The zero-order valence-corrected chi connectivity index (χ0v) is 15.3. The normalized spacial score (nSPS) is 18.4. The standard InChI is InChI=1S/C17H27N3O3S/c1-3-14(2)15-4-6-16(7-5-15)24(22,23)20-12-10-19(11-13-20)9-8-17(18)21/h4-7,14H,3,8-13H2,1-2H3,(H2,18,21)/t14-/m0/s1. The molecule has 1 aromatic carbocycles. The van der Waals surface area contributed by atoms with Crippen molar-refractivity contribution >= 4 is 15.9 Å². The second kappa shape index (κ2) is 8.09. The van der Waals surface area contributed by atoms with E-state index in [9.17, 15) is 13.2 Å². The van der Waals surface area contributed by atoms with Gasteiger partial charge in [0.05, 0.1) is 4.90 Å². The molecule has 1 aliphatic rings. The highest BCUT2D eigenvalue weighted by molar-refractivity contribution is 7.89. The van der Waals surface area contributed by atoms with E-state index in [0.29, 0.717) is 50.0 Å². The van der Waals surface area contributed by atoms with Crippen LogP contribution in [0.15, 0.2) is 29.2 Å². The minimum atomic E-state index is -3.45. The average molecular weight is 353 g/mol. The smallest absolute Gasteiger partial charge is 0.243 e. The summed E-state index contributed by atoms with van der Waals surface area (Å²) in [6.45, 7) is 6.96. The molecule has 0 spiro atoms.